The van der Waals surface area contributed by atoms with Gasteiger partial charge in [0.15, 0.2) is 0 Å². The highest BCUT2D eigenvalue weighted by atomic mass is 16.5. The Morgan fingerprint density at radius 3 is 3.00 bits per heavy atom. The van der Waals surface area contributed by atoms with Gasteiger partial charge in [-0.05, 0) is 26.8 Å². The second-order valence-corrected chi connectivity index (χ2v) is 5.23. The Balaban J connectivity index is 2.05. The average molecular weight is 250 g/mol. The molecule has 2 heterocycles. The van der Waals surface area contributed by atoms with Gasteiger partial charge in [-0.1, -0.05) is 6.07 Å². The maximum atomic E-state index is 12.0. The minimum Gasteiger partial charge on any atom is -0.374 e. The van der Waals surface area contributed by atoms with Crippen LogP contribution in [0.25, 0.3) is 0 Å². The lowest BCUT2D eigenvalue weighted by Crippen LogP contribution is -2.47. The van der Waals surface area contributed by atoms with Gasteiger partial charge in [0.1, 0.15) is 0 Å². The molecule has 1 fully saturated rings. The number of aryl methyl sites for hydroxylation is 1. The lowest BCUT2D eigenvalue weighted by atomic mass is 10.2. The first-order chi connectivity index (χ1) is 8.58. The highest BCUT2D eigenvalue weighted by Crippen LogP contribution is 2.10. The van der Waals surface area contributed by atoms with Gasteiger partial charge in [0, 0.05) is 30.9 Å². The summed E-state index contributed by atoms with van der Waals surface area (Å²) < 4.78 is 7.51. The van der Waals surface area contributed by atoms with E-state index in [1.165, 1.54) is 0 Å². The largest absolute Gasteiger partial charge is 0.374 e. The first kappa shape index (κ1) is 13.3. The fourth-order valence-electron chi connectivity index (χ4n) is 2.34. The molecule has 1 unspecified atom stereocenters. The molecule has 1 aromatic rings. The summed E-state index contributed by atoms with van der Waals surface area (Å²) in [7, 11) is 0. The van der Waals surface area contributed by atoms with E-state index in [1.54, 1.807) is 4.57 Å². The third kappa shape index (κ3) is 3.00. The normalized spacial score (nSPS) is 21.4. The van der Waals surface area contributed by atoms with E-state index in [4.69, 9.17) is 4.74 Å². The zero-order valence-electron chi connectivity index (χ0n) is 11.4. The molecule has 4 nitrogen and oxygen atoms in total. The van der Waals surface area contributed by atoms with Gasteiger partial charge in [0.2, 0.25) is 0 Å². The molecular formula is C14H22N2O2. The van der Waals surface area contributed by atoms with Crippen LogP contribution in [0.5, 0.6) is 0 Å². The van der Waals surface area contributed by atoms with Crippen LogP contribution in [-0.4, -0.2) is 41.3 Å². The Morgan fingerprint density at radius 2 is 2.28 bits per heavy atom. The lowest BCUT2D eigenvalue weighted by molar-refractivity contribution is -0.0460. The molecule has 0 saturated carbocycles. The molecule has 1 aromatic heterocycles. The summed E-state index contributed by atoms with van der Waals surface area (Å²) >= 11 is 0. The van der Waals surface area contributed by atoms with E-state index in [1.807, 2.05) is 25.3 Å². The number of rotatable bonds is 3. The van der Waals surface area contributed by atoms with E-state index in [0.29, 0.717) is 12.6 Å². The molecule has 4 heteroatoms. The van der Waals surface area contributed by atoms with Gasteiger partial charge in [-0.3, -0.25) is 9.69 Å². The Kier molecular flexibility index (Phi) is 4.19. The summed E-state index contributed by atoms with van der Waals surface area (Å²) in [5.41, 5.74) is 0.872. The molecule has 0 radical (unpaired) electrons. The summed E-state index contributed by atoms with van der Waals surface area (Å²) in [6.07, 6.45) is 1.95. The number of hydrogen-bond acceptors (Lipinski definition) is 3. The van der Waals surface area contributed by atoms with Gasteiger partial charge in [0.05, 0.1) is 19.3 Å². The van der Waals surface area contributed by atoms with E-state index in [-0.39, 0.29) is 11.7 Å². The molecule has 0 aromatic carbocycles. The average Bonchev–Trinajstić information content (AvgIpc) is 2.35. The third-order valence-electron chi connectivity index (χ3n) is 3.51. The van der Waals surface area contributed by atoms with Gasteiger partial charge >= 0.3 is 0 Å². The Bertz CT molecular complexity index is 453. The van der Waals surface area contributed by atoms with E-state index in [9.17, 15) is 4.79 Å². The summed E-state index contributed by atoms with van der Waals surface area (Å²) in [6, 6.07) is 4.30. The van der Waals surface area contributed by atoms with Crippen LogP contribution >= 0.6 is 0 Å². The third-order valence-corrected chi connectivity index (χ3v) is 3.51. The Morgan fingerprint density at radius 1 is 1.50 bits per heavy atom. The van der Waals surface area contributed by atoms with Crippen LogP contribution in [0.4, 0.5) is 0 Å². The number of aromatic nitrogens is 1. The highest BCUT2D eigenvalue weighted by molar-refractivity contribution is 5.07. The second-order valence-electron chi connectivity index (χ2n) is 5.23. The van der Waals surface area contributed by atoms with Crippen LogP contribution in [0.3, 0.4) is 0 Å². The van der Waals surface area contributed by atoms with Gasteiger partial charge in [-0.25, -0.2) is 0 Å². The number of hydrogen-bond donors (Lipinski definition) is 0. The first-order valence-corrected chi connectivity index (χ1v) is 6.59. The van der Waals surface area contributed by atoms with Crippen LogP contribution in [0.15, 0.2) is 23.1 Å². The fourth-order valence-corrected chi connectivity index (χ4v) is 2.34. The van der Waals surface area contributed by atoms with Crippen molar-refractivity contribution in [3.63, 3.8) is 0 Å². The molecule has 0 aliphatic carbocycles. The quantitative estimate of drug-likeness (QED) is 0.810. The van der Waals surface area contributed by atoms with Crippen LogP contribution in [0.1, 0.15) is 19.4 Å². The number of morpholine rings is 1. The maximum absolute atomic E-state index is 12.0. The van der Waals surface area contributed by atoms with Crippen molar-refractivity contribution in [3.05, 3.63) is 34.2 Å². The summed E-state index contributed by atoms with van der Waals surface area (Å²) in [5.74, 6) is 0. The van der Waals surface area contributed by atoms with Crippen molar-refractivity contribution in [2.24, 2.45) is 0 Å². The topological polar surface area (TPSA) is 34.5 Å². The molecule has 0 spiro atoms. The van der Waals surface area contributed by atoms with Crippen LogP contribution in [-0.2, 0) is 11.3 Å². The highest BCUT2D eigenvalue weighted by Gasteiger charge is 2.22. The standard InChI is InChI=1S/C14H22N2O2/c1-11(2)15-7-8-18-13(9-15)10-16-6-4-5-12(3)14(16)17/h4-6,11,13H,7-10H2,1-3H3. The minimum atomic E-state index is 0.0859. The van der Waals surface area contributed by atoms with E-state index in [2.05, 4.69) is 18.7 Å². The smallest absolute Gasteiger partial charge is 0.253 e. The summed E-state index contributed by atoms with van der Waals surface area (Å²) in [6.45, 7) is 9.52. The van der Waals surface area contributed by atoms with Crippen molar-refractivity contribution < 1.29 is 4.74 Å². The number of nitrogens with zero attached hydrogens (tertiary/aromatic N) is 2. The Labute approximate surface area is 108 Å². The van der Waals surface area contributed by atoms with E-state index >= 15 is 0 Å². The molecule has 100 valence electrons. The number of ether oxygens (including phenoxy) is 1. The molecule has 2 rings (SSSR count). The molecule has 18 heavy (non-hydrogen) atoms. The van der Waals surface area contributed by atoms with Crippen LogP contribution < -0.4 is 5.56 Å². The van der Waals surface area contributed by atoms with Crippen molar-refractivity contribution in [2.75, 3.05) is 19.7 Å². The predicted octanol–water partition coefficient (Wildman–Crippen LogP) is 1.27. The monoisotopic (exact) mass is 250 g/mol. The number of pyridine rings is 1. The molecular weight excluding hydrogens is 228 g/mol. The van der Waals surface area contributed by atoms with Crippen LogP contribution in [0.2, 0.25) is 0 Å². The van der Waals surface area contributed by atoms with Crippen molar-refractivity contribution in [3.8, 4) is 0 Å². The predicted molar refractivity (Wildman–Crippen MR) is 71.9 cm³/mol. The first-order valence-electron chi connectivity index (χ1n) is 6.59. The maximum Gasteiger partial charge on any atom is 0.253 e. The van der Waals surface area contributed by atoms with Gasteiger partial charge < -0.3 is 9.30 Å². The van der Waals surface area contributed by atoms with Gasteiger partial charge in [0.25, 0.3) is 5.56 Å². The molecule has 1 aliphatic rings. The van der Waals surface area contributed by atoms with E-state index in [0.717, 1.165) is 25.3 Å². The van der Waals surface area contributed by atoms with Gasteiger partial charge in [-0.15, -0.1) is 0 Å². The molecule has 0 N–H and O–H groups in total. The molecule has 0 bridgehead atoms. The second kappa shape index (κ2) is 5.67. The van der Waals surface area contributed by atoms with Crippen LogP contribution in [0, 0.1) is 6.92 Å². The van der Waals surface area contributed by atoms with Gasteiger partial charge in [-0.2, -0.15) is 0 Å². The molecule has 1 saturated heterocycles. The summed E-state index contributed by atoms with van der Waals surface area (Å²) in [4.78, 5) is 14.3. The zero-order chi connectivity index (χ0) is 13.1. The van der Waals surface area contributed by atoms with Crippen molar-refractivity contribution in [2.45, 2.75) is 39.5 Å². The van der Waals surface area contributed by atoms with Crippen molar-refractivity contribution in [1.82, 2.24) is 9.47 Å². The summed E-state index contributed by atoms with van der Waals surface area (Å²) in [5, 5.41) is 0. The minimum absolute atomic E-state index is 0.0859. The lowest BCUT2D eigenvalue weighted by Gasteiger charge is -2.35. The van der Waals surface area contributed by atoms with Crippen molar-refractivity contribution >= 4 is 0 Å². The molecule has 0 amide bonds. The SMILES string of the molecule is Cc1cccn(CC2CN(C(C)C)CCO2)c1=O. The van der Waals surface area contributed by atoms with E-state index < -0.39 is 0 Å². The molecule has 1 atom stereocenters. The molecule has 1 aliphatic heterocycles. The fraction of sp³-hybridized carbons (Fsp3) is 0.643. The zero-order valence-corrected chi connectivity index (χ0v) is 11.4. The van der Waals surface area contributed by atoms with Crippen molar-refractivity contribution in [1.29, 1.82) is 0 Å². The Hall–Kier alpha value is -1.13.